The molecule has 0 aliphatic rings. The molecule has 0 heterocycles. The fourth-order valence-corrected chi connectivity index (χ4v) is 2.45. The van der Waals surface area contributed by atoms with Gasteiger partial charge in [0.05, 0.1) is 20.6 Å². The molecule has 26 heavy (non-hydrogen) atoms. The van der Waals surface area contributed by atoms with Gasteiger partial charge in [-0.3, -0.25) is 4.79 Å². The predicted octanol–water partition coefficient (Wildman–Crippen LogP) is 4.07. The molecular formula is C20H19ClO5. The number of rotatable bonds is 7. The van der Waals surface area contributed by atoms with Crippen molar-refractivity contribution in [3.05, 3.63) is 64.7 Å². The fraction of sp³-hybridized carbons (Fsp3) is 0.200. The number of ether oxygens (including phenoxy) is 3. The van der Waals surface area contributed by atoms with Gasteiger partial charge in [0.15, 0.2) is 11.5 Å². The fourth-order valence-electron chi connectivity index (χ4n) is 2.22. The highest BCUT2D eigenvalue weighted by Crippen LogP contribution is 2.29. The molecule has 2 aromatic carbocycles. The summed E-state index contributed by atoms with van der Waals surface area (Å²) in [4.78, 5) is 23.3. The van der Waals surface area contributed by atoms with Gasteiger partial charge < -0.3 is 14.2 Å². The lowest BCUT2D eigenvalue weighted by Gasteiger charge is -2.10. The van der Waals surface area contributed by atoms with E-state index in [4.69, 9.17) is 21.1 Å². The van der Waals surface area contributed by atoms with Crippen molar-refractivity contribution in [2.24, 2.45) is 0 Å². The van der Waals surface area contributed by atoms with E-state index in [2.05, 4.69) is 4.74 Å². The molecule has 0 saturated heterocycles. The molecule has 0 aliphatic heterocycles. The average Bonchev–Trinajstić information content (AvgIpc) is 2.66. The molecule has 0 aliphatic carbocycles. The van der Waals surface area contributed by atoms with Crippen LogP contribution in [0.4, 0.5) is 0 Å². The summed E-state index contributed by atoms with van der Waals surface area (Å²) in [6.45, 7) is 0. The zero-order valence-electron chi connectivity index (χ0n) is 14.5. The molecule has 6 heteroatoms. The summed E-state index contributed by atoms with van der Waals surface area (Å²) in [5.41, 5.74) is 1.60. The molecule has 0 bridgehead atoms. The minimum absolute atomic E-state index is 0.191. The summed E-state index contributed by atoms with van der Waals surface area (Å²) in [7, 11) is 2.78. The third-order valence-electron chi connectivity index (χ3n) is 3.58. The van der Waals surface area contributed by atoms with Gasteiger partial charge in [-0.25, -0.2) is 4.79 Å². The molecular weight excluding hydrogens is 356 g/mol. The number of esters is 2. The molecule has 0 amide bonds. The van der Waals surface area contributed by atoms with E-state index in [1.54, 1.807) is 30.3 Å². The smallest absolute Gasteiger partial charge is 0.330 e. The number of carbonyl (C=O) groups is 2. The lowest BCUT2D eigenvalue weighted by molar-refractivity contribution is -0.135. The van der Waals surface area contributed by atoms with Crippen molar-refractivity contribution in [3.63, 3.8) is 0 Å². The molecule has 0 radical (unpaired) electrons. The molecule has 136 valence electrons. The molecule has 2 rings (SSSR count). The summed E-state index contributed by atoms with van der Waals surface area (Å²) in [6, 6.07) is 12.4. The SMILES string of the molecule is COC(=O)/C=C/c1ccc(OC(=O)CCc2ccccc2Cl)c(OC)c1. The Hall–Kier alpha value is -2.79. The largest absolute Gasteiger partial charge is 0.493 e. The molecule has 0 N–H and O–H groups in total. The van der Waals surface area contributed by atoms with Crippen LogP contribution in [0.15, 0.2) is 48.5 Å². The van der Waals surface area contributed by atoms with E-state index in [1.165, 1.54) is 20.3 Å². The topological polar surface area (TPSA) is 61.8 Å². The average molecular weight is 375 g/mol. The first-order valence-corrected chi connectivity index (χ1v) is 8.29. The van der Waals surface area contributed by atoms with Gasteiger partial charge in [0.2, 0.25) is 0 Å². The second-order valence-corrected chi connectivity index (χ2v) is 5.74. The Balaban J connectivity index is 2.01. The van der Waals surface area contributed by atoms with Gasteiger partial charge in [0, 0.05) is 11.1 Å². The van der Waals surface area contributed by atoms with Crippen LogP contribution < -0.4 is 9.47 Å². The van der Waals surface area contributed by atoms with E-state index in [0.29, 0.717) is 28.5 Å². The van der Waals surface area contributed by atoms with E-state index in [0.717, 1.165) is 5.56 Å². The third-order valence-corrected chi connectivity index (χ3v) is 3.95. The minimum atomic E-state index is -0.459. The molecule has 0 aromatic heterocycles. The lowest BCUT2D eigenvalue weighted by atomic mass is 10.1. The van der Waals surface area contributed by atoms with Crippen LogP contribution in [0.25, 0.3) is 6.08 Å². The van der Waals surface area contributed by atoms with E-state index >= 15 is 0 Å². The van der Waals surface area contributed by atoms with Gasteiger partial charge in [-0.15, -0.1) is 0 Å². The summed E-state index contributed by atoms with van der Waals surface area (Å²) in [5, 5.41) is 0.625. The highest BCUT2D eigenvalue weighted by atomic mass is 35.5. The van der Waals surface area contributed by atoms with Crippen LogP contribution >= 0.6 is 11.6 Å². The van der Waals surface area contributed by atoms with Crippen molar-refractivity contribution >= 4 is 29.6 Å². The van der Waals surface area contributed by atoms with Crippen molar-refractivity contribution < 1.29 is 23.8 Å². The van der Waals surface area contributed by atoms with Crippen molar-refractivity contribution in [2.75, 3.05) is 14.2 Å². The zero-order chi connectivity index (χ0) is 18.9. The minimum Gasteiger partial charge on any atom is -0.493 e. The molecule has 0 unspecified atom stereocenters. The molecule has 2 aromatic rings. The van der Waals surface area contributed by atoms with E-state index in [9.17, 15) is 9.59 Å². The van der Waals surface area contributed by atoms with Gasteiger partial charge in [0.25, 0.3) is 0 Å². The van der Waals surface area contributed by atoms with Crippen molar-refractivity contribution in [1.29, 1.82) is 0 Å². The second-order valence-electron chi connectivity index (χ2n) is 5.33. The summed E-state index contributed by atoms with van der Waals surface area (Å²) in [5.74, 6) is -0.143. The van der Waals surface area contributed by atoms with Gasteiger partial charge in [-0.05, 0) is 41.8 Å². The maximum absolute atomic E-state index is 12.1. The molecule has 0 atom stereocenters. The number of hydrogen-bond donors (Lipinski definition) is 0. The normalized spacial score (nSPS) is 10.6. The van der Waals surface area contributed by atoms with E-state index in [1.807, 2.05) is 18.2 Å². The lowest BCUT2D eigenvalue weighted by Crippen LogP contribution is -2.10. The molecule has 0 saturated carbocycles. The Morgan fingerprint density at radius 2 is 1.85 bits per heavy atom. The van der Waals surface area contributed by atoms with Gasteiger partial charge in [-0.2, -0.15) is 0 Å². The van der Waals surface area contributed by atoms with Gasteiger partial charge >= 0.3 is 11.9 Å². The predicted molar refractivity (Wildman–Crippen MR) is 99.5 cm³/mol. The van der Waals surface area contributed by atoms with Gasteiger partial charge in [0.1, 0.15) is 0 Å². The van der Waals surface area contributed by atoms with Crippen molar-refractivity contribution in [1.82, 2.24) is 0 Å². The Labute approximate surface area is 157 Å². The summed E-state index contributed by atoms with van der Waals surface area (Å²) < 4.78 is 15.2. The quantitative estimate of drug-likeness (QED) is 0.415. The standard InChI is InChI=1S/C20H19ClO5/c1-24-18-13-14(8-11-19(22)25-2)7-10-17(18)26-20(23)12-9-15-5-3-4-6-16(15)21/h3-8,10-11,13H,9,12H2,1-2H3/b11-8+. The van der Waals surface area contributed by atoms with Crippen LogP contribution in [0.5, 0.6) is 11.5 Å². The Kier molecular flexibility index (Phi) is 7.24. The first-order chi connectivity index (χ1) is 12.5. The second kappa shape index (κ2) is 9.63. The maximum Gasteiger partial charge on any atom is 0.330 e. The number of carbonyl (C=O) groups excluding carboxylic acids is 2. The van der Waals surface area contributed by atoms with Crippen LogP contribution in [0, 0.1) is 0 Å². The molecule has 0 fully saturated rings. The molecule has 5 nitrogen and oxygen atoms in total. The van der Waals surface area contributed by atoms with Crippen LogP contribution in [0.2, 0.25) is 5.02 Å². The first kappa shape index (κ1) is 19.5. The highest BCUT2D eigenvalue weighted by Gasteiger charge is 2.11. The zero-order valence-corrected chi connectivity index (χ0v) is 15.3. The molecule has 0 spiro atoms. The van der Waals surface area contributed by atoms with Crippen LogP contribution in [0.3, 0.4) is 0 Å². The summed E-state index contributed by atoms with van der Waals surface area (Å²) >= 11 is 6.08. The number of methoxy groups -OCH3 is 2. The van der Waals surface area contributed by atoms with Crippen LogP contribution in [-0.2, 0) is 20.7 Å². The Morgan fingerprint density at radius 3 is 2.54 bits per heavy atom. The van der Waals surface area contributed by atoms with Crippen molar-refractivity contribution in [2.45, 2.75) is 12.8 Å². The van der Waals surface area contributed by atoms with Crippen molar-refractivity contribution in [3.8, 4) is 11.5 Å². The van der Waals surface area contributed by atoms with E-state index < -0.39 is 5.97 Å². The Morgan fingerprint density at radius 1 is 1.08 bits per heavy atom. The highest BCUT2D eigenvalue weighted by molar-refractivity contribution is 6.31. The monoisotopic (exact) mass is 374 g/mol. The number of hydrogen-bond acceptors (Lipinski definition) is 5. The third kappa shape index (κ3) is 5.63. The number of halogens is 1. The van der Waals surface area contributed by atoms with Gasteiger partial charge in [-0.1, -0.05) is 35.9 Å². The number of aryl methyl sites for hydroxylation is 1. The van der Waals surface area contributed by atoms with Crippen LogP contribution in [-0.4, -0.2) is 26.2 Å². The Bertz CT molecular complexity index is 814. The van der Waals surface area contributed by atoms with E-state index in [-0.39, 0.29) is 12.4 Å². The van der Waals surface area contributed by atoms with Crippen LogP contribution in [0.1, 0.15) is 17.5 Å². The number of benzene rings is 2. The maximum atomic E-state index is 12.1. The first-order valence-electron chi connectivity index (χ1n) is 7.91. The summed E-state index contributed by atoms with van der Waals surface area (Å²) in [6.07, 6.45) is 3.55.